The Morgan fingerprint density at radius 2 is 1.73 bits per heavy atom. The summed E-state index contributed by atoms with van der Waals surface area (Å²) in [6.45, 7) is 7.06. The van der Waals surface area contributed by atoms with Gasteiger partial charge >= 0.3 is 0 Å². The second kappa shape index (κ2) is 10.1. The molecule has 2 amide bonds. The number of benzene rings is 1. The average molecular weight is 375 g/mol. The standard InChI is InChI=1S/C20H27N3O2S/c1-4-21-18(24)12-22-19(25)13-23-20(17-6-5-11-26-17)16-9-7-15(8-10-16)14(2)3/h5-11,14,20,23H,4,12-13H2,1-3H3,(H,21,24)(H,22,25)/p+1/t20-/m0/s1. The summed E-state index contributed by atoms with van der Waals surface area (Å²) in [6.07, 6.45) is 0. The van der Waals surface area contributed by atoms with Gasteiger partial charge in [0.05, 0.1) is 11.4 Å². The number of likely N-dealkylation sites (N-methyl/N-ethyl adjacent to an activating group) is 1. The Morgan fingerprint density at radius 1 is 1.04 bits per heavy atom. The minimum Gasteiger partial charge on any atom is -0.355 e. The molecule has 0 aliphatic carbocycles. The minimum atomic E-state index is -0.167. The molecule has 1 aromatic carbocycles. The summed E-state index contributed by atoms with van der Waals surface area (Å²) in [7, 11) is 0. The number of rotatable bonds is 9. The molecule has 0 saturated carbocycles. The third kappa shape index (κ3) is 5.97. The fourth-order valence-electron chi connectivity index (χ4n) is 2.71. The molecule has 0 aliphatic rings. The Labute approximate surface area is 159 Å². The van der Waals surface area contributed by atoms with Crippen molar-refractivity contribution in [2.75, 3.05) is 19.6 Å². The normalized spacial score (nSPS) is 12.0. The maximum Gasteiger partial charge on any atom is 0.275 e. The molecule has 5 nitrogen and oxygen atoms in total. The van der Waals surface area contributed by atoms with Gasteiger partial charge in [-0.3, -0.25) is 9.59 Å². The first-order valence-corrected chi connectivity index (χ1v) is 9.89. The zero-order valence-electron chi connectivity index (χ0n) is 15.6. The lowest BCUT2D eigenvalue weighted by Crippen LogP contribution is -2.87. The van der Waals surface area contributed by atoms with Gasteiger partial charge in [-0.25, -0.2) is 0 Å². The Kier molecular flexibility index (Phi) is 7.81. The molecule has 0 spiro atoms. The summed E-state index contributed by atoms with van der Waals surface area (Å²) in [5, 5.41) is 9.40. The zero-order chi connectivity index (χ0) is 18.9. The molecule has 2 rings (SSSR count). The highest BCUT2D eigenvalue weighted by Gasteiger charge is 2.20. The van der Waals surface area contributed by atoms with Crippen LogP contribution in [0.3, 0.4) is 0 Å². The molecule has 1 heterocycles. The first kappa shape index (κ1) is 20.1. The van der Waals surface area contributed by atoms with E-state index in [9.17, 15) is 9.59 Å². The lowest BCUT2D eigenvalue weighted by molar-refractivity contribution is -0.676. The molecule has 140 valence electrons. The van der Waals surface area contributed by atoms with Gasteiger partial charge in [-0.1, -0.05) is 44.2 Å². The molecule has 1 atom stereocenters. The third-order valence-electron chi connectivity index (χ3n) is 4.17. The van der Waals surface area contributed by atoms with Gasteiger partial charge in [0.2, 0.25) is 5.91 Å². The summed E-state index contributed by atoms with van der Waals surface area (Å²) in [5.41, 5.74) is 2.48. The van der Waals surface area contributed by atoms with Crippen LogP contribution in [-0.2, 0) is 9.59 Å². The predicted molar refractivity (Wildman–Crippen MR) is 105 cm³/mol. The number of hydrogen-bond donors (Lipinski definition) is 3. The van der Waals surface area contributed by atoms with E-state index in [0.29, 0.717) is 12.5 Å². The molecule has 1 aromatic heterocycles. The Bertz CT molecular complexity index is 696. The van der Waals surface area contributed by atoms with Crippen LogP contribution in [0.4, 0.5) is 0 Å². The average Bonchev–Trinajstić information content (AvgIpc) is 3.15. The first-order valence-electron chi connectivity index (χ1n) is 9.01. The van der Waals surface area contributed by atoms with E-state index in [-0.39, 0.29) is 30.9 Å². The fourth-order valence-corrected chi connectivity index (χ4v) is 3.56. The van der Waals surface area contributed by atoms with Crippen molar-refractivity contribution in [2.45, 2.75) is 32.7 Å². The second-order valence-corrected chi connectivity index (χ2v) is 7.46. The number of nitrogens with two attached hydrogens (primary N) is 1. The minimum absolute atomic E-state index is 0.0211. The van der Waals surface area contributed by atoms with Gasteiger partial charge in [0.25, 0.3) is 5.91 Å². The smallest absolute Gasteiger partial charge is 0.275 e. The lowest BCUT2D eigenvalue weighted by atomic mass is 9.98. The van der Waals surface area contributed by atoms with E-state index in [1.54, 1.807) is 11.3 Å². The number of carbonyl (C=O) groups is 2. The molecule has 0 radical (unpaired) electrons. The van der Waals surface area contributed by atoms with Crippen molar-refractivity contribution in [3.05, 3.63) is 57.8 Å². The molecule has 0 unspecified atom stereocenters. The van der Waals surface area contributed by atoms with Gasteiger partial charge < -0.3 is 16.0 Å². The van der Waals surface area contributed by atoms with Crippen molar-refractivity contribution in [1.82, 2.24) is 10.6 Å². The van der Waals surface area contributed by atoms with Gasteiger partial charge in [-0.2, -0.15) is 0 Å². The zero-order valence-corrected chi connectivity index (χ0v) is 16.4. The number of nitrogens with one attached hydrogen (secondary N) is 2. The maximum absolute atomic E-state index is 12.1. The maximum atomic E-state index is 12.1. The number of quaternary nitrogens is 1. The monoisotopic (exact) mass is 374 g/mol. The molecule has 0 fully saturated rings. The topological polar surface area (TPSA) is 74.8 Å². The predicted octanol–water partition coefficient (Wildman–Crippen LogP) is 1.78. The largest absolute Gasteiger partial charge is 0.355 e. The molecule has 6 heteroatoms. The van der Waals surface area contributed by atoms with E-state index >= 15 is 0 Å². The number of carbonyl (C=O) groups excluding carboxylic acids is 2. The van der Waals surface area contributed by atoms with E-state index in [1.165, 1.54) is 16.0 Å². The third-order valence-corrected chi connectivity index (χ3v) is 5.13. The summed E-state index contributed by atoms with van der Waals surface area (Å²) in [4.78, 5) is 24.7. The van der Waals surface area contributed by atoms with Crippen LogP contribution in [0.25, 0.3) is 0 Å². The van der Waals surface area contributed by atoms with Crippen molar-refractivity contribution in [3.63, 3.8) is 0 Å². The Hall–Kier alpha value is -2.18. The Morgan fingerprint density at radius 3 is 2.31 bits per heavy atom. The number of thiophene rings is 1. The van der Waals surface area contributed by atoms with E-state index in [0.717, 1.165) is 0 Å². The summed E-state index contributed by atoms with van der Waals surface area (Å²) in [6, 6.07) is 12.8. The first-order chi connectivity index (χ1) is 12.5. The molecule has 0 aliphatic heterocycles. The van der Waals surface area contributed by atoms with Crippen LogP contribution in [0.5, 0.6) is 0 Å². The van der Waals surface area contributed by atoms with Gasteiger partial charge in [-0.05, 0) is 29.9 Å². The molecule has 4 N–H and O–H groups in total. The van der Waals surface area contributed by atoms with Crippen molar-refractivity contribution in [3.8, 4) is 0 Å². The summed E-state index contributed by atoms with van der Waals surface area (Å²) < 4.78 is 0. The fraction of sp³-hybridized carbons (Fsp3) is 0.400. The molecular formula is C20H28N3O2S+. The van der Waals surface area contributed by atoms with Crippen molar-refractivity contribution in [1.29, 1.82) is 0 Å². The molecule has 2 aromatic rings. The van der Waals surface area contributed by atoms with E-state index < -0.39 is 0 Å². The SMILES string of the molecule is CCNC(=O)CNC(=O)C[NH2+][C@@H](c1ccc(C(C)C)cc1)c1cccs1. The lowest BCUT2D eigenvalue weighted by Gasteiger charge is -2.16. The van der Waals surface area contributed by atoms with E-state index in [2.05, 4.69) is 54.8 Å². The number of hydrogen-bond acceptors (Lipinski definition) is 3. The van der Waals surface area contributed by atoms with Crippen molar-refractivity contribution < 1.29 is 14.9 Å². The van der Waals surface area contributed by atoms with Crippen LogP contribution in [0.1, 0.15) is 48.7 Å². The number of amides is 2. The second-order valence-electron chi connectivity index (χ2n) is 6.48. The van der Waals surface area contributed by atoms with Crippen molar-refractivity contribution >= 4 is 23.2 Å². The molecule has 0 saturated heterocycles. The van der Waals surface area contributed by atoms with Gasteiger partial charge in [0, 0.05) is 12.1 Å². The van der Waals surface area contributed by atoms with E-state index in [4.69, 9.17) is 0 Å². The van der Waals surface area contributed by atoms with Crippen LogP contribution in [-0.4, -0.2) is 31.4 Å². The quantitative estimate of drug-likeness (QED) is 0.626. The highest BCUT2D eigenvalue weighted by atomic mass is 32.1. The van der Waals surface area contributed by atoms with E-state index in [1.807, 2.05) is 23.7 Å². The van der Waals surface area contributed by atoms with Crippen molar-refractivity contribution in [2.24, 2.45) is 0 Å². The Balaban J connectivity index is 2.00. The van der Waals surface area contributed by atoms with Crippen LogP contribution in [0, 0.1) is 0 Å². The molecular weight excluding hydrogens is 346 g/mol. The highest BCUT2D eigenvalue weighted by molar-refractivity contribution is 7.10. The van der Waals surface area contributed by atoms with Gasteiger partial charge in [0.1, 0.15) is 6.04 Å². The van der Waals surface area contributed by atoms with Crippen LogP contribution in [0.2, 0.25) is 0 Å². The van der Waals surface area contributed by atoms with Gasteiger partial charge in [0.15, 0.2) is 6.54 Å². The highest BCUT2D eigenvalue weighted by Crippen LogP contribution is 2.24. The van der Waals surface area contributed by atoms with Crippen LogP contribution >= 0.6 is 11.3 Å². The summed E-state index contributed by atoms with van der Waals surface area (Å²) >= 11 is 1.69. The van der Waals surface area contributed by atoms with Crippen LogP contribution in [0.15, 0.2) is 41.8 Å². The summed E-state index contributed by atoms with van der Waals surface area (Å²) in [5.74, 6) is 0.185. The molecule has 26 heavy (non-hydrogen) atoms. The van der Waals surface area contributed by atoms with Crippen LogP contribution < -0.4 is 16.0 Å². The molecule has 0 bridgehead atoms. The van der Waals surface area contributed by atoms with Gasteiger partial charge in [-0.15, -0.1) is 11.3 Å².